The van der Waals surface area contributed by atoms with Crippen molar-refractivity contribution >= 4 is 33.1 Å². The van der Waals surface area contributed by atoms with E-state index in [1.807, 2.05) is 0 Å². The number of hydrogen-bond acceptors (Lipinski definition) is 5. The summed E-state index contributed by atoms with van der Waals surface area (Å²) in [6.45, 7) is 0. The molecule has 112 valence electrons. The van der Waals surface area contributed by atoms with E-state index in [-0.39, 0.29) is 15.7 Å². The van der Waals surface area contributed by atoms with Crippen LogP contribution in [0.4, 0.5) is 15.8 Å². The lowest BCUT2D eigenvalue weighted by Crippen LogP contribution is -2.06. The molecule has 0 heterocycles. The number of rotatable bonds is 4. The number of nitro groups is 2. The predicted octanol–water partition coefficient (Wildman–Crippen LogP) is 3.64. The Kier molecular flexibility index (Phi) is 4.27. The van der Waals surface area contributed by atoms with Gasteiger partial charge in [-0.05, 0) is 34.1 Å². The second-order valence-electron chi connectivity index (χ2n) is 4.17. The van der Waals surface area contributed by atoms with E-state index in [2.05, 4.69) is 15.9 Å². The first-order chi connectivity index (χ1) is 10.3. The Balaban J connectivity index is 2.53. The van der Waals surface area contributed by atoms with Gasteiger partial charge in [-0.25, -0.2) is 4.39 Å². The van der Waals surface area contributed by atoms with E-state index in [0.29, 0.717) is 0 Å². The molecule has 0 unspecified atom stereocenters. The molecule has 0 aliphatic rings. The maximum absolute atomic E-state index is 13.7. The van der Waals surface area contributed by atoms with Crippen molar-refractivity contribution in [3.8, 4) is 0 Å². The van der Waals surface area contributed by atoms with Gasteiger partial charge in [0, 0.05) is 23.8 Å². The molecule has 0 bridgehead atoms. The van der Waals surface area contributed by atoms with Gasteiger partial charge < -0.3 is 0 Å². The third kappa shape index (κ3) is 2.98. The van der Waals surface area contributed by atoms with Crippen LogP contribution in [0.25, 0.3) is 0 Å². The van der Waals surface area contributed by atoms with Crippen molar-refractivity contribution in [2.24, 2.45) is 0 Å². The molecule has 0 amide bonds. The SMILES string of the molecule is O=C(c1ccc(Br)c([N+](=O)[O-])c1)c1cc([N+](=O)[O-])ccc1F. The average molecular weight is 369 g/mol. The molecule has 0 N–H and O–H groups in total. The highest BCUT2D eigenvalue weighted by molar-refractivity contribution is 9.10. The molecule has 0 radical (unpaired) electrons. The Labute approximate surface area is 130 Å². The van der Waals surface area contributed by atoms with Crippen molar-refractivity contribution in [2.45, 2.75) is 0 Å². The number of non-ortho nitro benzene ring substituents is 1. The number of ketones is 1. The fourth-order valence-electron chi connectivity index (χ4n) is 1.75. The summed E-state index contributed by atoms with van der Waals surface area (Å²) in [5.74, 6) is -1.82. The van der Waals surface area contributed by atoms with E-state index in [0.717, 1.165) is 24.3 Å². The molecule has 0 aromatic heterocycles. The van der Waals surface area contributed by atoms with Crippen LogP contribution in [0.1, 0.15) is 15.9 Å². The molecule has 0 spiro atoms. The Bertz CT molecular complexity index is 809. The van der Waals surface area contributed by atoms with E-state index in [1.165, 1.54) is 12.1 Å². The van der Waals surface area contributed by atoms with Crippen LogP contribution in [0.5, 0.6) is 0 Å². The van der Waals surface area contributed by atoms with Crippen LogP contribution in [-0.4, -0.2) is 15.6 Å². The predicted molar refractivity (Wildman–Crippen MR) is 77.3 cm³/mol. The summed E-state index contributed by atoms with van der Waals surface area (Å²) in [5.41, 5.74) is -1.48. The Morgan fingerprint density at radius 3 is 2.32 bits per heavy atom. The molecule has 22 heavy (non-hydrogen) atoms. The number of carbonyl (C=O) groups excluding carboxylic acids is 1. The van der Waals surface area contributed by atoms with Gasteiger partial charge >= 0.3 is 0 Å². The van der Waals surface area contributed by atoms with Gasteiger partial charge in [-0.3, -0.25) is 25.0 Å². The van der Waals surface area contributed by atoms with Gasteiger partial charge in [0.25, 0.3) is 11.4 Å². The third-order valence-corrected chi connectivity index (χ3v) is 3.48. The Morgan fingerprint density at radius 2 is 1.73 bits per heavy atom. The van der Waals surface area contributed by atoms with Crippen LogP contribution in [0.3, 0.4) is 0 Å². The lowest BCUT2D eigenvalue weighted by molar-refractivity contribution is -0.385. The minimum Gasteiger partial charge on any atom is -0.288 e. The number of hydrogen-bond donors (Lipinski definition) is 0. The lowest BCUT2D eigenvalue weighted by atomic mass is 10.0. The van der Waals surface area contributed by atoms with Gasteiger partial charge in [0.15, 0.2) is 5.78 Å². The second kappa shape index (κ2) is 5.98. The highest BCUT2D eigenvalue weighted by Gasteiger charge is 2.21. The molecule has 9 heteroatoms. The van der Waals surface area contributed by atoms with Crippen LogP contribution in [0, 0.1) is 26.0 Å². The van der Waals surface area contributed by atoms with Gasteiger partial charge in [0.2, 0.25) is 0 Å². The Hall–Kier alpha value is -2.68. The van der Waals surface area contributed by atoms with Gasteiger partial charge in [-0.15, -0.1) is 0 Å². The molecule has 0 fully saturated rings. The smallest absolute Gasteiger partial charge is 0.284 e. The summed E-state index contributed by atoms with van der Waals surface area (Å²) in [4.78, 5) is 32.3. The first-order valence-electron chi connectivity index (χ1n) is 5.74. The summed E-state index contributed by atoms with van der Waals surface area (Å²) in [7, 11) is 0. The van der Waals surface area contributed by atoms with Gasteiger partial charge in [-0.2, -0.15) is 0 Å². The second-order valence-corrected chi connectivity index (χ2v) is 5.03. The van der Waals surface area contributed by atoms with Crippen molar-refractivity contribution in [1.29, 1.82) is 0 Å². The molecule has 0 aliphatic heterocycles. The Morgan fingerprint density at radius 1 is 1.05 bits per heavy atom. The minimum absolute atomic E-state index is 0.144. The fourth-order valence-corrected chi connectivity index (χ4v) is 2.14. The summed E-state index contributed by atoms with van der Waals surface area (Å²) in [5, 5.41) is 21.5. The van der Waals surface area contributed by atoms with E-state index < -0.39 is 32.7 Å². The largest absolute Gasteiger partial charge is 0.288 e. The van der Waals surface area contributed by atoms with Crippen LogP contribution < -0.4 is 0 Å². The van der Waals surface area contributed by atoms with Gasteiger partial charge in [-0.1, -0.05) is 0 Å². The topological polar surface area (TPSA) is 103 Å². The maximum Gasteiger partial charge on any atom is 0.284 e. The third-order valence-electron chi connectivity index (χ3n) is 2.81. The molecule has 7 nitrogen and oxygen atoms in total. The molecule has 0 saturated carbocycles. The number of nitrogens with zero attached hydrogens (tertiary/aromatic N) is 2. The molecule has 0 atom stereocenters. The molecule has 0 saturated heterocycles. The zero-order valence-electron chi connectivity index (χ0n) is 10.7. The summed E-state index contributed by atoms with van der Waals surface area (Å²) in [6.07, 6.45) is 0. The number of carbonyl (C=O) groups is 1. The normalized spacial score (nSPS) is 10.3. The molecular weight excluding hydrogens is 363 g/mol. The number of halogens is 2. The van der Waals surface area contributed by atoms with Crippen LogP contribution in [-0.2, 0) is 0 Å². The average Bonchev–Trinajstić information content (AvgIpc) is 2.47. The standard InChI is InChI=1S/C13H6BrFN2O5/c14-10-3-1-7(5-12(10)17(21)22)13(18)9-6-8(16(19)20)2-4-11(9)15/h1-6H. The molecule has 2 aromatic rings. The molecule has 2 rings (SSSR count). The number of benzene rings is 2. The van der Waals surface area contributed by atoms with Crippen molar-refractivity contribution < 1.29 is 19.0 Å². The van der Waals surface area contributed by atoms with E-state index >= 15 is 0 Å². The molecular formula is C13H6BrFN2O5. The first-order valence-corrected chi connectivity index (χ1v) is 6.53. The molecule has 2 aromatic carbocycles. The first kappa shape index (κ1) is 15.7. The van der Waals surface area contributed by atoms with E-state index in [9.17, 15) is 29.4 Å². The van der Waals surface area contributed by atoms with Crippen molar-refractivity contribution in [2.75, 3.05) is 0 Å². The number of nitro benzene ring substituents is 2. The quantitative estimate of drug-likeness (QED) is 0.465. The molecule has 0 aliphatic carbocycles. The summed E-state index contributed by atoms with van der Waals surface area (Å²) >= 11 is 2.97. The monoisotopic (exact) mass is 368 g/mol. The van der Waals surface area contributed by atoms with Crippen LogP contribution in [0.15, 0.2) is 40.9 Å². The summed E-state index contributed by atoms with van der Waals surface area (Å²) < 4.78 is 13.9. The van der Waals surface area contributed by atoms with E-state index in [4.69, 9.17) is 0 Å². The van der Waals surface area contributed by atoms with E-state index in [1.54, 1.807) is 0 Å². The zero-order chi connectivity index (χ0) is 16.4. The maximum atomic E-state index is 13.7. The lowest BCUT2D eigenvalue weighted by Gasteiger charge is -2.04. The van der Waals surface area contributed by atoms with Crippen LogP contribution in [0.2, 0.25) is 0 Å². The minimum atomic E-state index is -0.943. The van der Waals surface area contributed by atoms with Crippen molar-refractivity contribution in [3.05, 3.63) is 78.0 Å². The van der Waals surface area contributed by atoms with Gasteiger partial charge in [0.05, 0.1) is 19.9 Å². The highest BCUT2D eigenvalue weighted by Crippen LogP contribution is 2.27. The van der Waals surface area contributed by atoms with Gasteiger partial charge in [0.1, 0.15) is 5.82 Å². The van der Waals surface area contributed by atoms with Crippen molar-refractivity contribution in [3.63, 3.8) is 0 Å². The fraction of sp³-hybridized carbons (Fsp3) is 0. The highest BCUT2D eigenvalue weighted by atomic mass is 79.9. The van der Waals surface area contributed by atoms with Crippen LogP contribution >= 0.6 is 15.9 Å². The zero-order valence-corrected chi connectivity index (χ0v) is 12.2. The summed E-state index contributed by atoms with van der Waals surface area (Å²) in [6, 6.07) is 6.04. The van der Waals surface area contributed by atoms with Crippen molar-refractivity contribution in [1.82, 2.24) is 0 Å².